The van der Waals surface area contributed by atoms with Crippen LogP contribution in [0.4, 0.5) is 5.69 Å². The molecule has 0 heterocycles. The fraction of sp³-hybridized carbons (Fsp3) is 0.0714. The van der Waals surface area contributed by atoms with Gasteiger partial charge in [0.1, 0.15) is 5.75 Å². The number of nitrogens with one attached hydrogen (secondary N) is 1. The first-order valence-corrected chi connectivity index (χ1v) is 7.12. The Hall–Kier alpha value is -1.33. The Morgan fingerprint density at radius 2 is 1.79 bits per heavy atom. The SMILES string of the molecule is Cc1cc(C(=O)Nc2c(Br)cccc2Br)ccc1O. The topological polar surface area (TPSA) is 49.3 Å². The molecule has 0 saturated heterocycles. The highest BCUT2D eigenvalue weighted by Gasteiger charge is 2.11. The van der Waals surface area contributed by atoms with Gasteiger partial charge in [-0.15, -0.1) is 0 Å². The second-order valence-corrected chi connectivity index (χ2v) is 5.76. The highest BCUT2D eigenvalue weighted by atomic mass is 79.9. The molecule has 0 unspecified atom stereocenters. The molecule has 0 aliphatic rings. The second-order valence-electron chi connectivity index (χ2n) is 4.05. The largest absolute Gasteiger partial charge is 0.508 e. The van der Waals surface area contributed by atoms with Gasteiger partial charge in [0, 0.05) is 14.5 Å². The van der Waals surface area contributed by atoms with Crippen molar-refractivity contribution in [2.24, 2.45) is 0 Å². The Morgan fingerprint density at radius 1 is 1.16 bits per heavy atom. The van der Waals surface area contributed by atoms with Gasteiger partial charge in [-0.3, -0.25) is 4.79 Å². The molecule has 3 nitrogen and oxygen atoms in total. The van der Waals surface area contributed by atoms with Crippen molar-refractivity contribution in [3.8, 4) is 5.75 Å². The molecule has 0 aliphatic heterocycles. The summed E-state index contributed by atoms with van der Waals surface area (Å²) < 4.78 is 1.59. The predicted octanol–water partition coefficient (Wildman–Crippen LogP) is 4.48. The van der Waals surface area contributed by atoms with E-state index >= 15 is 0 Å². The van der Waals surface area contributed by atoms with Crippen LogP contribution >= 0.6 is 31.9 Å². The number of amides is 1. The highest BCUT2D eigenvalue weighted by Crippen LogP contribution is 2.31. The number of hydrogen-bond donors (Lipinski definition) is 2. The molecule has 0 bridgehead atoms. The number of hydrogen-bond acceptors (Lipinski definition) is 2. The normalized spacial score (nSPS) is 10.3. The lowest BCUT2D eigenvalue weighted by atomic mass is 10.1. The maximum atomic E-state index is 12.1. The molecule has 5 heteroatoms. The van der Waals surface area contributed by atoms with Crippen LogP contribution in [0.2, 0.25) is 0 Å². The second kappa shape index (κ2) is 5.75. The molecule has 0 spiro atoms. The zero-order valence-corrected chi connectivity index (χ0v) is 13.2. The van der Waals surface area contributed by atoms with Crippen LogP contribution in [0.25, 0.3) is 0 Å². The Bertz CT molecular complexity index is 621. The van der Waals surface area contributed by atoms with E-state index in [0.717, 1.165) is 8.95 Å². The molecule has 2 aromatic carbocycles. The van der Waals surface area contributed by atoms with Gasteiger partial charge in [0.25, 0.3) is 5.91 Å². The van der Waals surface area contributed by atoms with E-state index in [2.05, 4.69) is 37.2 Å². The lowest BCUT2D eigenvalue weighted by Gasteiger charge is -2.10. The lowest BCUT2D eigenvalue weighted by Crippen LogP contribution is -2.12. The number of rotatable bonds is 2. The maximum absolute atomic E-state index is 12.1. The molecule has 0 radical (unpaired) electrons. The summed E-state index contributed by atoms with van der Waals surface area (Å²) in [5, 5.41) is 12.3. The van der Waals surface area contributed by atoms with E-state index in [4.69, 9.17) is 0 Å². The predicted molar refractivity (Wildman–Crippen MR) is 82.6 cm³/mol. The van der Waals surface area contributed by atoms with Crippen LogP contribution in [-0.2, 0) is 0 Å². The van der Waals surface area contributed by atoms with Crippen molar-refractivity contribution in [1.29, 1.82) is 0 Å². The number of anilines is 1. The molecular formula is C14H11Br2NO2. The zero-order valence-electron chi connectivity index (χ0n) is 10.1. The van der Waals surface area contributed by atoms with Crippen molar-refractivity contribution in [3.05, 3.63) is 56.5 Å². The number of carbonyl (C=O) groups excluding carboxylic acids is 1. The molecule has 0 atom stereocenters. The van der Waals surface area contributed by atoms with E-state index in [1.807, 2.05) is 18.2 Å². The van der Waals surface area contributed by atoms with Gasteiger partial charge >= 0.3 is 0 Å². The summed E-state index contributed by atoms with van der Waals surface area (Å²) in [6, 6.07) is 10.3. The van der Waals surface area contributed by atoms with E-state index in [1.54, 1.807) is 19.1 Å². The molecule has 98 valence electrons. The van der Waals surface area contributed by atoms with Crippen LogP contribution in [0.3, 0.4) is 0 Å². The molecule has 2 rings (SSSR count). The third kappa shape index (κ3) is 3.16. The average Bonchev–Trinajstić information content (AvgIpc) is 2.37. The first-order chi connectivity index (χ1) is 8.99. The third-order valence-electron chi connectivity index (χ3n) is 2.66. The van der Waals surface area contributed by atoms with Gasteiger partial charge in [0.2, 0.25) is 0 Å². The Morgan fingerprint density at radius 3 is 2.37 bits per heavy atom. The van der Waals surface area contributed by atoms with Gasteiger partial charge in [-0.2, -0.15) is 0 Å². The first-order valence-electron chi connectivity index (χ1n) is 5.54. The van der Waals surface area contributed by atoms with E-state index in [-0.39, 0.29) is 11.7 Å². The van der Waals surface area contributed by atoms with Crippen molar-refractivity contribution >= 4 is 43.5 Å². The van der Waals surface area contributed by atoms with Gasteiger partial charge in [-0.25, -0.2) is 0 Å². The van der Waals surface area contributed by atoms with Crippen LogP contribution in [0.15, 0.2) is 45.3 Å². The Kier molecular flexibility index (Phi) is 4.27. The third-order valence-corrected chi connectivity index (χ3v) is 3.98. The van der Waals surface area contributed by atoms with Crippen LogP contribution in [-0.4, -0.2) is 11.0 Å². The molecule has 0 aliphatic carbocycles. The van der Waals surface area contributed by atoms with Crippen LogP contribution in [0, 0.1) is 6.92 Å². The van der Waals surface area contributed by atoms with Crippen LogP contribution in [0.5, 0.6) is 5.75 Å². The van der Waals surface area contributed by atoms with Crippen molar-refractivity contribution in [3.63, 3.8) is 0 Å². The van der Waals surface area contributed by atoms with Gasteiger partial charge in [0.15, 0.2) is 0 Å². The van der Waals surface area contributed by atoms with Crippen molar-refractivity contribution in [2.75, 3.05) is 5.32 Å². The zero-order chi connectivity index (χ0) is 14.0. The number of carbonyl (C=O) groups is 1. The monoisotopic (exact) mass is 383 g/mol. The number of benzene rings is 2. The lowest BCUT2D eigenvalue weighted by molar-refractivity contribution is 0.102. The summed E-state index contributed by atoms with van der Waals surface area (Å²) in [7, 11) is 0. The van der Waals surface area contributed by atoms with E-state index < -0.39 is 0 Å². The standard InChI is InChI=1S/C14H11Br2NO2/c1-8-7-9(5-6-12(8)18)14(19)17-13-10(15)3-2-4-11(13)16/h2-7,18H,1H3,(H,17,19). The quantitative estimate of drug-likeness (QED) is 0.801. The van der Waals surface area contributed by atoms with Gasteiger partial charge in [0.05, 0.1) is 5.69 Å². The molecular weight excluding hydrogens is 374 g/mol. The fourth-order valence-corrected chi connectivity index (χ4v) is 2.80. The van der Waals surface area contributed by atoms with Gasteiger partial charge < -0.3 is 10.4 Å². The number of aryl methyl sites for hydroxylation is 1. The Labute approximate surface area is 127 Å². The molecule has 2 aromatic rings. The van der Waals surface area contributed by atoms with Gasteiger partial charge in [-0.05, 0) is 74.7 Å². The average molecular weight is 385 g/mol. The number of phenolic OH excluding ortho intramolecular Hbond substituents is 1. The number of para-hydroxylation sites is 1. The summed E-state index contributed by atoms with van der Waals surface area (Å²) >= 11 is 6.78. The summed E-state index contributed by atoms with van der Waals surface area (Å²) in [6.45, 7) is 1.75. The minimum atomic E-state index is -0.226. The van der Waals surface area contributed by atoms with Crippen molar-refractivity contribution in [2.45, 2.75) is 6.92 Å². The first kappa shape index (κ1) is 14.1. The summed E-state index contributed by atoms with van der Waals surface area (Å²) in [4.78, 5) is 12.1. The van der Waals surface area contributed by atoms with E-state index in [0.29, 0.717) is 16.8 Å². The van der Waals surface area contributed by atoms with Crippen LogP contribution in [0.1, 0.15) is 15.9 Å². The molecule has 1 amide bonds. The summed E-state index contributed by atoms with van der Waals surface area (Å²) in [6.07, 6.45) is 0. The molecule has 0 fully saturated rings. The van der Waals surface area contributed by atoms with Gasteiger partial charge in [-0.1, -0.05) is 6.07 Å². The Balaban J connectivity index is 2.28. The molecule has 19 heavy (non-hydrogen) atoms. The van der Waals surface area contributed by atoms with E-state index in [9.17, 15) is 9.90 Å². The fourth-order valence-electron chi connectivity index (χ4n) is 1.60. The number of phenols is 1. The van der Waals surface area contributed by atoms with Crippen molar-refractivity contribution in [1.82, 2.24) is 0 Å². The van der Waals surface area contributed by atoms with Crippen LogP contribution < -0.4 is 5.32 Å². The minimum absolute atomic E-state index is 0.179. The smallest absolute Gasteiger partial charge is 0.255 e. The number of halogens is 2. The summed E-state index contributed by atoms with van der Waals surface area (Å²) in [5.41, 5.74) is 1.84. The molecule has 0 saturated carbocycles. The minimum Gasteiger partial charge on any atom is -0.508 e. The molecule has 2 N–H and O–H groups in total. The molecule has 0 aromatic heterocycles. The summed E-state index contributed by atoms with van der Waals surface area (Å²) in [5.74, 6) is -0.0469. The highest BCUT2D eigenvalue weighted by molar-refractivity contribution is 9.11. The van der Waals surface area contributed by atoms with Crippen molar-refractivity contribution < 1.29 is 9.90 Å². The maximum Gasteiger partial charge on any atom is 0.255 e. The number of aromatic hydroxyl groups is 1. The van der Waals surface area contributed by atoms with E-state index in [1.165, 1.54) is 6.07 Å².